The van der Waals surface area contributed by atoms with E-state index < -0.39 is 0 Å². The second-order valence-corrected chi connectivity index (χ2v) is 7.20. The number of hydrogen-bond acceptors (Lipinski definition) is 4. The molecule has 2 aromatic carbocycles. The first-order chi connectivity index (χ1) is 13.2. The number of amides is 1. The van der Waals surface area contributed by atoms with Crippen LogP contribution in [0.25, 0.3) is 11.0 Å². The lowest BCUT2D eigenvalue weighted by molar-refractivity contribution is 0.0997. The Kier molecular flexibility index (Phi) is 4.98. The first-order valence-electron chi connectivity index (χ1n) is 8.64. The molecule has 2 heterocycles. The Labute approximate surface area is 161 Å². The number of carbonyl (C=O) groups is 1. The maximum Gasteiger partial charge on any atom is 0.292 e. The summed E-state index contributed by atoms with van der Waals surface area (Å²) in [6, 6.07) is 19.8. The molecule has 0 saturated carbocycles. The lowest BCUT2D eigenvalue weighted by Gasteiger charge is -2.04. The van der Waals surface area contributed by atoms with E-state index in [2.05, 4.69) is 22.5 Å². The number of carbonyl (C=O) groups excluding carboxylic acids is 1. The summed E-state index contributed by atoms with van der Waals surface area (Å²) in [4.78, 5) is 12.8. The van der Waals surface area contributed by atoms with E-state index in [-0.39, 0.29) is 5.91 Å². The zero-order chi connectivity index (χ0) is 18.6. The molecule has 6 heteroatoms. The Balaban J connectivity index is 1.57. The maximum atomic E-state index is 12.8. The van der Waals surface area contributed by atoms with Gasteiger partial charge in [-0.2, -0.15) is 16.9 Å². The van der Waals surface area contributed by atoms with Crippen LogP contribution < -0.4 is 5.32 Å². The van der Waals surface area contributed by atoms with E-state index in [1.54, 1.807) is 28.7 Å². The molecule has 4 rings (SSSR count). The van der Waals surface area contributed by atoms with Crippen molar-refractivity contribution < 1.29 is 9.21 Å². The molecular weight excluding hydrogens is 358 g/mol. The van der Waals surface area contributed by atoms with Gasteiger partial charge in [-0.05, 0) is 11.6 Å². The molecule has 0 aliphatic rings. The van der Waals surface area contributed by atoms with Crippen molar-refractivity contribution in [2.24, 2.45) is 7.05 Å². The standard InChI is InChI=1S/C21H19N3O2S/c1-24-12-11-19(23-24)22-21(25)20-17(16-9-5-6-10-18(16)26-20)14-27-13-15-7-3-2-4-8-15/h2-12H,13-14H2,1H3,(H,22,23,25). The monoisotopic (exact) mass is 377 g/mol. The third kappa shape index (κ3) is 3.90. The molecule has 0 spiro atoms. The Hall–Kier alpha value is -2.99. The summed E-state index contributed by atoms with van der Waals surface area (Å²) in [5.41, 5.74) is 2.90. The lowest BCUT2D eigenvalue weighted by Crippen LogP contribution is -2.13. The van der Waals surface area contributed by atoms with E-state index in [1.807, 2.05) is 49.5 Å². The molecule has 0 radical (unpaired) electrons. The van der Waals surface area contributed by atoms with Crippen LogP contribution in [0.15, 0.2) is 71.3 Å². The third-order valence-corrected chi connectivity index (χ3v) is 5.25. The highest BCUT2D eigenvalue weighted by Crippen LogP contribution is 2.30. The zero-order valence-corrected chi connectivity index (χ0v) is 15.7. The van der Waals surface area contributed by atoms with E-state index in [9.17, 15) is 4.79 Å². The number of anilines is 1. The second-order valence-electron chi connectivity index (χ2n) is 6.21. The van der Waals surface area contributed by atoms with Crippen molar-refractivity contribution in [2.45, 2.75) is 11.5 Å². The van der Waals surface area contributed by atoms with Gasteiger partial charge in [-0.3, -0.25) is 9.48 Å². The number of hydrogen-bond donors (Lipinski definition) is 1. The van der Waals surface area contributed by atoms with Gasteiger partial charge in [-0.1, -0.05) is 48.5 Å². The number of nitrogens with zero attached hydrogens (tertiary/aromatic N) is 2. The number of benzene rings is 2. The largest absolute Gasteiger partial charge is 0.451 e. The molecule has 4 aromatic rings. The molecule has 27 heavy (non-hydrogen) atoms. The van der Waals surface area contributed by atoms with E-state index >= 15 is 0 Å². The molecule has 5 nitrogen and oxygen atoms in total. The molecule has 0 bridgehead atoms. The van der Waals surface area contributed by atoms with Gasteiger partial charge in [0.1, 0.15) is 5.58 Å². The number of aryl methyl sites for hydroxylation is 1. The van der Waals surface area contributed by atoms with Gasteiger partial charge >= 0.3 is 0 Å². The minimum absolute atomic E-state index is 0.278. The highest BCUT2D eigenvalue weighted by molar-refractivity contribution is 7.97. The Bertz CT molecular complexity index is 1070. The van der Waals surface area contributed by atoms with Gasteiger partial charge in [0.05, 0.1) is 0 Å². The molecule has 2 aromatic heterocycles. The quantitative estimate of drug-likeness (QED) is 0.522. The minimum Gasteiger partial charge on any atom is -0.451 e. The third-order valence-electron chi connectivity index (χ3n) is 4.22. The summed E-state index contributed by atoms with van der Waals surface area (Å²) in [6.07, 6.45) is 1.78. The summed E-state index contributed by atoms with van der Waals surface area (Å²) in [5, 5.41) is 7.99. The normalized spacial score (nSPS) is 11.0. The predicted molar refractivity (Wildman–Crippen MR) is 109 cm³/mol. The Morgan fingerprint density at radius 2 is 1.85 bits per heavy atom. The summed E-state index contributed by atoms with van der Waals surface area (Å²) in [5.74, 6) is 2.15. The smallest absolute Gasteiger partial charge is 0.292 e. The number of furan rings is 1. The lowest BCUT2D eigenvalue weighted by atomic mass is 10.1. The number of para-hydroxylation sites is 1. The van der Waals surface area contributed by atoms with E-state index in [1.165, 1.54) is 5.56 Å². The number of thioether (sulfide) groups is 1. The SMILES string of the molecule is Cn1ccc(NC(=O)c2oc3ccccc3c2CSCc2ccccc2)n1. The second kappa shape index (κ2) is 7.72. The molecular formula is C21H19N3O2S. The van der Waals surface area contributed by atoms with E-state index in [0.717, 1.165) is 22.3 Å². The first-order valence-corrected chi connectivity index (χ1v) is 9.79. The van der Waals surface area contributed by atoms with E-state index in [0.29, 0.717) is 17.3 Å². The molecule has 0 atom stereocenters. The molecule has 136 valence electrons. The van der Waals surface area contributed by atoms with Crippen molar-refractivity contribution >= 4 is 34.5 Å². The predicted octanol–water partition coefficient (Wildman–Crippen LogP) is 4.85. The number of fused-ring (bicyclic) bond motifs is 1. The van der Waals surface area contributed by atoms with Crippen LogP contribution in [0.3, 0.4) is 0 Å². The van der Waals surface area contributed by atoms with Crippen LogP contribution in [0.4, 0.5) is 5.82 Å². The molecule has 1 amide bonds. The van der Waals surface area contributed by atoms with Gasteiger partial charge in [0.15, 0.2) is 11.6 Å². The van der Waals surface area contributed by atoms with Gasteiger partial charge in [-0.15, -0.1) is 0 Å². The molecule has 0 aliphatic heterocycles. The van der Waals surface area contributed by atoms with E-state index in [4.69, 9.17) is 4.42 Å². The van der Waals surface area contributed by atoms with Crippen molar-refractivity contribution in [1.82, 2.24) is 9.78 Å². The van der Waals surface area contributed by atoms with Crippen molar-refractivity contribution in [3.8, 4) is 0 Å². The average molecular weight is 377 g/mol. The topological polar surface area (TPSA) is 60.1 Å². The Morgan fingerprint density at radius 3 is 2.63 bits per heavy atom. The van der Waals surface area contributed by atoms with Crippen LogP contribution in [0.5, 0.6) is 0 Å². The highest BCUT2D eigenvalue weighted by Gasteiger charge is 2.21. The van der Waals surface area contributed by atoms with Gasteiger partial charge in [0, 0.05) is 41.8 Å². The molecule has 0 fully saturated rings. The first kappa shape index (κ1) is 17.4. The Morgan fingerprint density at radius 1 is 1.07 bits per heavy atom. The number of nitrogens with one attached hydrogen (secondary N) is 1. The van der Waals surface area contributed by atoms with Gasteiger partial charge in [0.2, 0.25) is 0 Å². The van der Waals surface area contributed by atoms with Crippen LogP contribution in [-0.2, 0) is 18.6 Å². The van der Waals surface area contributed by atoms with Crippen molar-refractivity contribution in [3.05, 3.63) is 83.7 Å². The summed E-state index contributed by atoms with van der Waals surface area (Å²) in [6.45, 7) is 0. The molecule has 1 N–H and O–H groups in total. The van der Waals surface area contributed by atoms with Crippen LogP contribution in [0.1, 0.15) is 21.7 Å². The maximum absolute atomic E-state index is 12.8. The van der Waals surface area contributed by atoms with Crippen LogP contribution >= 0.6 is 11.8 Å². The summed E-state index contributed by atoms with van der Waals surface area (Å²) in [7, 11) is 1.81. The summed E-state index contributed by atoms with van der Waals surface area (Å²) >= 11 is 1.76. The van der Waals surface area contributed by atoms with Crippen molar-refractivity contribution in [1.29, 1.82) is 0 Å². The number of aromatic nitrogens is 2. The van der Waals surface area contributed by atoms with Crippen molar-refractivity contribution in [3.63, 3.8) is 0 Å². The zero-order valence-electron chi connectivity index (χ0n) is 14.9. The molecule has 0 saturated heterocycles. The molecule has 0 unspecified atom stereocenters. The van der Waals surface area contributed by atoms with Crippen LogP contribution in [0.2, 0.25) is 0 Å². The van der Waals surface area contributed by atoms with Crippen molar-refractivity contribution in [2.75, 3.05) is 5.32 Å². The fourth-order valence-corrected chi connectivity index (χ4v) is 3.95. The van der Waals surface area contributed by atoms with Gasteiger partial charge in [0.25, 0.3) is 5.91 Å². The molecule has 0 aliphatic carbocycles. The highest BCUT2D eigenvalue weighted by atomic mass is 32.2. The average Bonchev–Trinajstić information content (AvgIpc) is 3.26. The van der Waals surface area contributed by atoms with Crippen LogP contribution in [0, 0.1) is 0 Å². The fourth-order valence-electron chi connectivity index (χ4n) is 2.93. The van der Waals surface area contributed by atoms with Crippen LogP contribution in [-0.4, -0.2) is 15.7 Å². The minimum atomic E-state index is -0.278. The summed E-state index contributed by atoms with van der Waals surface area (Å²) < 4.78 is 7.53. The van der Waals surface area contributed by atoms with Gasteiger partial charge < -0.3 is 9.73 Å². The number of rotatable bonds is 6. The van der Waals surface area contributed by atoms with Gasteiger partial charge in [-0.25, -0.2) is 0 Å². The fraction of sp³-hybridized carbons (Fsp3) is 0.143.